The number of ether oxygens (including phenoxy) is 2. The largest absolute Gasteiger partial charge is 0.497 e. The van der Waals surface area contributed by atoms with E-state index in [1.54, 1.807) is 32.2 Å². The highest BCUT2D eigenvalue weighted by molar-refractivity contribution is 7.89. The highest BCUT2D eigenvalue weighted by Gasteiger charge is 2.18. The van der Waals surface area contributed by atoms with Gasteiger partial charge >= 0.3 is 0 Å². The van der Waals surface area contributed by atoms with Crippen LogP contribution in [-0.2, 0) is 10.0 Å². The van der Waals surface area contributed by atoms with E-state index in [-0.39, 0.29) is 10.9 Å². The number of rotatable bonds is 6. The van der Waals surface area contributed by atoms with Gasteiger partial charge in [0.05, 0.1) is 19.1 Å². The maximum atomic E-state index is 12.4. The second-order valence-electron chi connectivity index (χ2n) is 4.80. The van der Waals surface area contributed by atoms with Gasteiger partial charge in [-0.3, -0.25) is 0 Å². The van der Waals surface area contributed by atoms with Crippen LogP contribution in [0.2, 0.25) is 0 Å². The van der Waals surface area contributed by atoms with Gasteiger partial charge in [-0.1, -0.05) is 12.1 Å². The van der Waals surface area contributed by atoms with E-state index >= 15 is 0 Å². The van der Waals surface area contributed by atoms with E-state index in [9.17, 15) is 8.42 Å². The molecule has 0 radical (unpaired) electrons. The first-order valence-electron chi connectivity index (χ1n) is 6.76. The van der Waals surface area contributed by atoms with Gasteiger partial charge in [0.1, 0.15) is 11.5 Å². The second kappa shape index (κ2) is 6.81. The summed E-state index contributed by atoms with van der Waals surface area (Å²) in [5, 5.41) is 0. The van der Waals surface area contributed by atoms with E-state index < -0.39 is 10.0 Å². The molecule has 6 heteroatoms. The van der Waals surface area contributed by atoms with Gasteiger partial charge in [-0.15, -0.1) is 0 Å². The van der Waals surface area contributed by atoms with Crippen molar-refractivity contribution in [2.75, 3.05) is 14.2 Å². The quantitative estimate of drug-likeness (QED) is 0.888. The van der Waals surface area contributed by atoms with E-state index in [2.05, 4.69) is 4.72 Å². The SMILES string of the molecule is COc1ccc(S(=O)(=O)N[C@@H](C)c2cccc(OC)c2)cc1. The lowest BCUT2D eigenvalue weighted by Crippen LogP contribution is -2.26. The predicted molar refractivity (Wildman–Crippen MR) is 84.7 cm³/mol. The molecule has 0 unspecified atom stereocenters. The van der Waals surface area contributed by atoms with Crippen LogP contribution in [0.1, 0.15) is 18.5 Å². The van der Waals surface area contributed by atoms with E-state index in [1.807, 2.05) is 18.2 Å². The Morgan fingerprint density at radius 2 is 1.59 bits per heavy atom. The van der Waals surface area contributed by atoms with Crippen LogP contribution in [0.25, 0.3) is 0 Å². The molecular formula is C16H19NO4S. The third kappa shape index (κ3) is 3.78. The molecule has 118 valence electrons. The number of hydrogen-bond donors (Lipinski definition) is 1. The molecule has 0 saturated carbocycles. The molecule has 0 fully saturated rings. The third-order valence-corrected chi connectivity index (χ3v) is 4.85. The first-order chi connectivity index (χ1) is 10.5. The Balaban J connectivity index is 2.19. The monoisotopic (exact) mass is 321 g/mol. The van der Waals surface area contributed by atoms with E-state index in [1.165, 1.54) is 19.2 Å². The average Bonchev–Trinajstić information content (AvgIpc) is 2.54. The highest BCUT2D eigenvalue weighted by atomic mass is 32.2. The van der Waals surface area contributed by atoms with Gasteiger partial charge in [0.25, 0.3) is 0 Å². The zero-order valence-electron chi connectivity index (χ0n) is 12.7. The van der Waals surface area contributed by atoms with Crippen molar-refractivity contribution in [3.63, 3.8) is 0 Å². The summed E-state index contributed by atoms with van der Waals surface area (Å²) in [6.45, 7) is 1.79. The molecule has 0 aliphatic carbocycles. The smallest absolute Gasteiger partial charge is 0.241 e. The fourth-order valence-corrected chi connectivity index (χ4v) is 3.27. The van der Waals surface area contributed by atoms with Gasteiger partial charge in [-0.05, 0) is 48.9 Å². The Labute approximate surface area is 130 Å². The van der Waals surface area contributed by atoms with Crippen LogP contribution < -0.4 is 14.2 Å². The molecular weight excluding hydrogens is 302 g/mol. The molecule has 1 N–H and O–H groups in total. The Hall–Kier alpha value is -2.05. The number of nitrogens with one attached hydrogen (secondary N) is 1. The van der Waals surface area contributed by atoms with Gasteiger partial charge in [-0.25, -0.2) is 13.1 Å². The lowest BCUT2D eigenvalue weighted by Gasteiger charge is -2.15. The minimum absolute atomic E-state index is 0.197. The molecule has 22 heavy (non-hydrogen) atoms. The van der Waals surface area contributed by atoms with Crippen molar-refractivity contribution >= 4 is 10.0 Å². The summed E-state index contributed by atoms with van der Waals surface area (Å²) in [5.41, 5.74) is 0.830. The fraction of sp³-hybridized carbons (Fsp3) is 0.250. The fourth-order valence-electron chi connectivity index (χ4n) is 2.03. The van der Waals surface area contributed by atoms with Crippen molar-refractivity contribution in [1.29, 1.82) is 0 Å². The van der Waals surface area contributed by atoms with Crippen molar-refractivity contribution in [3.8, 4) is 11.5 Å². The summed E-state index contributed by atoms with van der Waals surface area (Å²) in [6.07, 6.45) is 0. The van der Waals surface area contributed by atoms with Crippen LogP contribution in [0.15, 0.2) is 53.4 Å². The van der Waals surface area contributed by atoms with Crippen LogP contribution in [0.4, 0.5) is 0 Å². The molecule has 2 rings (SSSR count). The summed E-state index contributed by atoms with van der Waals surface area (Å²) in [5.74, 6) is 1.30. The normalized spacial score (nSPS) is 12.7. The van der Waals surface area contributed by atoms with E-state index in [0.717, 1.165) is 5.56 Å². The zero-order valence-corrected chi connectivity index (χ0v) is 13.6. The topological polar surface area (TPSA) is 64.6 Å². The minimum Gasteiger partial charge on any atom is -0.497 e. The summed E-state index contributed by atoms with van der Waals surface area (Å²) >= 11 is 0. The molecule has 2 aromatic rings. The van der Waals surface area contributed by atoms with Gasteiger partial charge < -0.3 is 9.47 Å². The van der Waals surface area contributed by atoms with E-state index in [0.29, 0.717) is 11.5 Å². The van der Waals surface area contributed by atoms with Crippen molar-refractivity contribution in [2.45, 2.75) is 17.9 Å². The number of hydrogen-bond acceptors (Lipinski definition) is 4. The first kappa shape index (κ1) is 16.3. The van der Waals surface area contributed by atoms with Gasteiger partial charge in [0.2, 0.25) is 10.0 Å². The molecule has 0 saturated heterocycles. The molecule has 1 atom stereocenters. The summed E-state index contributed by atoms with van der Waals surface area (Å²) in [7, 11) is -0.490. The average molecular weight is 321 g/mol. The minimum atomic E-state index is -3.60. The Morgan fingerprint density at radius 1 is 0.955 bits per heavy atom. The molecule has 0 spiro atoms. The van der Waals surface area contributed by atoms with Crippen LogP contribution in [0.3, 0.4) is 0 Å². The van der Waals surface area contributed by atoms with Crippen molar-refractivity contribution < 1.29 is 17.9 Å². The number of benzene rings is 2. The predicted octanol–water partition coefficient (Wildman–Crippen LogP) is 2.74. The van der Waals surface area contributed by atoms with E-state index in [4.69, 9.17) is 9.47 Å². The van der Waals surface area contributed by atoms with Crippen LogP contribution >= 0.6 is 0 Å². The summed E-state index contributed by atoms with van der Waals surface area (Å²) < 4.78 is 37.6. The molecule has 2 aromatic carbocycles. The Kier molecular flexibility index (Phi) is 5.05. The maximum Gasteiger partial charge on any atom is 0.241 e. The lowest BCUT2D eigenvalue weighted by atomic mass is 10.1. The standard InChI is InChI=1S/C16H19NO4S/c1-12(13-5-4-6-15(11-13)21-3)17-22(18,19)16-9-7-14(20-2)8-10-16/h4-12,17H,1-3H3/t12-/m0/s1. The van der Waals surface area contributed by atoms with Gasteiger partial charge in [-0.2, -0.15) is 0 Å². The molecule has 0 aliphatic heterocycles. The summed E-state index contributed by atoms with van der Waals surface area (Å²) in [6, 6.07) is 13.2. The van der Waals surface area contributed by atoms with Crippen LogP contribution in [0, 0.1) is 0 Å². The molecule has 0 aliphatic rings. The molecule has 0 heterocycles. The third-order valence-electron chi connectivity index (χ3n) is 3.30. The Morgan fingerprint density at radius 3 is 2.18 bits per heavy atom. The molecule has 0 amide bonds. The number of methoxy groups -OCH3 is 2. The van der Waals surface area contributed by atoms with Crippen LogP contribution in [-0.4, -0.2) is 22.6 Å². The first-order valence-corrected chi connectivity index (χ1v) is 8.25. The van der Waals surface area contributed by atoms with Crippen molar-refractivity contribution in [1.82, 2.24) is 4.72 Å². The maximum absolute atomic E-state index is 12.4. The number of sulfonamides is 1. The highest BCUT2D eigenvalue weighted by Crippen LogP contribution is 2.22. The van der Waals surface area contributed by atoms with Gasteiger partial charge in [0, 0.05) is 6.04 Å². The second-order valence-corrected chi connectivity index (χ2v) is 6.51. The Bertz CT molecular complexity index is 726. The summed E-state index contributed by atoms with van der Waals surface area (Å²) in [4.78, 5) is 0.197. The molecule has 5 nitrogen and oxygen atoms in total. The molecule has 0 bridgehead atoms. The van der Waals surface area contributed by atoms with Crippen molar-refractivity contribution in [2.24, 2.45) is 0 Å². The lowest BCUT2D eigenvalue weighted by molar-refractivity contribution is 0.413. The van der Waals surface area contributed by atoms with Gasteiger partial charge in [0.15, 0.2) is 0 Å². The van der Waals surface area contributed by atoms with Crippen LogP contribution in [0.5, 0.6) is 11.5 Å². The zero-order chi connectivity index (χ0) is 16.2. The molecule has 0 aromatic heterocycles. The van der Waals surface area contributed by atoms with Crippen molar-refractivity contribution in [3.05, 3.63) is 54.1 Å².